The van der Waals surface area contributed by atoms with Crippen molar-refractivity contribution in [2.75, 3.05) is 5.88 Å². The number of halogens is 1. The predicted molar refractivity (Wildman–Crippen MR) is 110 cm³/mol. The van der Waals surface area contributed by atoms with E-state index in [-0.39, 0.29) is 23.7 Å². The van der Waals surface area contributed by atoms with Crippen LogP contribution in [0.5, 0.6) is 0 Å². The number of fused-ring (bicyclic) bond motifs is 1. The number of benzene rings is 1. The molecule has 0 bridgehead atoms. The second-order valence-electron chi connectivity index (χ2n) is 7.25. The van der Waals surface area contributed by atoms with Crippen molar-refractivity contribution in [3.05, 3.63) is 56.8 Å². The zero-order valence-corrected chi connectivity index (χ0v) is 17.3. The Balaban J connectivity index is 1.57. The second-order valence-corrected chi connectivity index (χ2v) is 8.48. The molecule has 0 radical (unpaired) electrons. The van der Waals surface area contributed by atoms with Crippen LogP contribution in [0.4, 0.5) is 0 Å². The van der Waals surface area contributed by atoms with Gasteiger partial charge in [-0.25, -0.2) is 0 Å². The van der Waals surface area contributed by atoms with Gasteiger partial charge < -0.3 is 10.6 Å². The lowest BCUT2D eigenvalue weighted by atomic mass is 9.88. The average molecular weight is 405 g/mol. The lowest BCUT2D eigenvalue weighted by molar-refractivity contribution is -0.119. The zero-order valence-electron chi connectivity index (χ0n) is 15.7. The van der Waals surface area contributed by atoms with E-state index < -0.39 is 0 Å². The Bertz CT molecular complexity index is 816. The van der Waals surface area contributed by atoms with Gasteiger partial charge >= 0.3 is 0 Å². The Morgan fingerprint density at radius 3 is 2.74 bits per heavy atom. The van der Waals surface area contributed by atoms with Crippen molar-refractivity contribution in [2.45, 2.75) is 45.7 Å². The Morgan fingerprint density at radius 1 is 1.30 bits per heavy atom. The van der Waals surface area contributed by atoms with Crippen LogP contribution in [0.1, 0.15) is 58.2 Å². The molecule has 0 spiro atoms. The fourth-order valence-electron chi connectivity index (χ4n) is 3.43. The molecule has 0 fully saturated rings. The van der Waals surface area contributed by atoms with Gasteiger partial charge in [-0.05, 0) is 48.8 Å². The van der Waals surface area contributed by atoms with Crippen molar-refractivity contribution in [1.82, 2.24) is 10.6 Å². The Morgan fingerprint density at radius 2 is 2.04 bits per heavy atom. The van der Waals surface area contributed by atoms with Gasteiger partial charge in [0.05, 0.1) is 11.6 Å². The average Bonchev–Trinajstić information content (AvgIpc) is 3.09. The molecule has 1 aromatic carbocycles. The first-order chi connectivity index (χ1) is 13.0. The van der Waals surface area contributed by atoms with Gasteiger partial charge in [0.15, 0.2) is 0 Å². The van der Waals surface area contributed by atoms with Gasteiger partial charge in [0.1, 0.15) is 5.88 Å². The van der Waals surface area contributed by atoms with E-state index in [0.717, 1.165) is 36.0 Å². The van der Waals surface area contributed by atoms with Crippen molar-refractivity contribution in [2.24, 2.45) is 5.92 Å². The highest BCUT2D eigenvalue weighted by atomic mass is 35.5. The molecule has 2 N–H and O–H groups in total. The smallest absolute Gasteiger partial charge is 0.252 e. The van der Waals surface area contributed by atoms with Crippen LogP contribution < -0.4 is 10.6 Å². The number of thiophene rings is 1. The van der Waals surface area contributed by atoms with E-state index in [2.05, 4.69) is 17.6 Å². The van der Waals surface area contributed by atoms with Gasteiger partial charge in [0.25, 0.3) is 5.91 Å². The van der Waals surface area contributed by atoms with Crippen LogP contribution >= 0.6 is 22.9 Å². The van der Waals surface area contributed by atoms with E-state index >= 15 is 0 Å². The molecule has 144 valence electrons. The lowest BCUT2D eigenvalue weighted by Gasteiger charge is -2.18. The fraction of sp³-hybridized carbons (Fsp3) is 0.429. The number of alkyl halides is 1. The topological polar surface area (TPSA) is 58.2 Å². The van der Waals surface area contributed by atoms with Gasteiger partial charge in [0, 0.05) is 16.8 Å². The van der Waals surface area contributed by atoms with Crippen LogP contribution in [-0.4, -0.2) is 17.7 Å². The standard InChI is InChI=1S/C21H25ClN2O2S/c1-13-3-8-17-18(12-27-19(17)9-13)21(26)23-11-15-4-6-16(7-5-15)14(2)24-20(25)10-22/h4-7,12-14H,3,8-11H2,1-2H3,(H,23,26)(H,24,25). The van der Waals surface area contributed by atoms with E-state index in [9.17, 15) is 9.59 Å². The third-order valence-electron chi connectivity index (χ3n) is 5.08. The third-order valence-corrected chi connectivity index (χ3v) is 6.37. The molecule has 27 heavy (non-hydrogen) atoms. The van der Waals surface area contributed by atoms with Crippen LogP contribution in [-0.2, 0) is 24.2 Å². The fourth-order valence-corrected chi connectivity index (χ4v) is 4.75. The van der Waals surface area contributed by atoms with Crippen LogP contribution in [0.3, 0.4) is 0 Å². The van der Waals surface area contributed by atoms with Gasteiger partial charge in [-0.1, -0.05) is 31.2 Å². The summed E-state index contributed by atoms with van der Waals surface area (Å²) in [4.78, 5) is 25.4. The van der Waals surface area contributed by atoms with E-state index in [1.165, 1.54) is 10.4 Å². The summed E-state index contributed by atoms with van der Waals surface area (Å²) < 4.78 is 0. The van der Waals surface area contributed by atoms with Gasteiger partial charge in [-0.2, -0.15) is 0 Å². The minimum Gasteiger partial charge on any atom is -0.349 e. The Kier molecular flexibility index (Phi) is 6.55. The highest BCUT2D eigenvalue weighted by Crippen LogP contribution is 2.32. The van der Waals surface area contributed by atoms with Crippen molar-refractivity contribution in [3.8, 4) is 0 Å². The molecule has 4 nitrogen and oxygen atoms in total. The Hall–Kier alpha value is -1.85. The molecule has 2 unspecified atom stereocenters. The van der Waals surface area contributed by atoms with Crippen molar-refractivity contribution < 1.29 is 9.59 Å². The maximum Gasteiger partial charge on any atom is 0.252 e. The number of carbonyl (C=O) groups is 2. The summed E-state index contributed by atoms with van der Waals surface area (Å²) in [6.45, 7) is 4.68. The van der Waals surface area contributed by atoms with Crippen LogP contribution in [0.2, 0.25) is 0 Å². The summed E-state index contributed by atoms with van der Waals surface area (Å²) >= 11 is 7.23. The van der Waals surface area contributed by atoms with Gasteiger partial charge in [-0.3, -0.25) is 9.59 Å². The maximum atomic E-state index is 12.6. The summed E-state index contributed by atoms with van der Waals surface area (Å²) in [5, 5.41) is 7.86. The first kappa shape index (κ1) is 19.9. The highest BCUT2D eigenvalue weighted by molar-refractivity contribution is 7.10. The van der Waals surface area contributed by atoms with Gasteiger partial charge in [0.2, 0.25) is 5.91 Å². The molecule has 0 saturated carbocycles. The maximum absolute atomic E-state index is 12.6. The molecule has 2 amide bonds. The molecule has 1 aliphatic rings. The van der Waals surface area contributed by atoms with Crippen molar-refractivity contribution in [3.63, 3.8) is 0 Å². The molecule has 0 aliphatic heterocycles. The minimum absolute atomic E-state index is 0.00822. The number of amides is 2. The largest absolute Gasteiger partial charge is 0.349 e. The van der Waals surface area contributed by atoms with Crippen LogP contribution in [0.15, 0.2) is 29.6 Å². The van der Waals surface area contributed by atoms with Crippen molar-refractivity contribution in [1.29, 1.82) is 0 Å². The summed E-state index contributed by atoms with van der Waals surface area (Å²) in [5.41, 5.74) is 4.12. The molecule has 3 rings (SSSR count). The lowest BCUT2D eigenvalue weighted by Crippen LogP contribution is -2.27. The summed E-state index contributed by atoms with van der Waals surface area (Å²) in [6, 6.07) is 7.79. The monoisotopic (exact) mass is 404 g/mol. The molecule has 0 saturated heterocycles. The van der Waals surface area contributed by atoms with E-state index in [4.69, 9.17) is 11.6 Å². The summed E-state index contributed by atoms with van der Waals surface area (Å²) in [6.07, 6.45) is 3.25. The molecule has 2 aromatic rings. The molecular formula is C21H25ClN2O2S. The molecule has 1 heterocycles. The number of nitrogens with one attached hydrogen (secondary N) is 2. The first-order valence-electron chi connectivity index (χ1n) is 9.29. The molecule has 1 aromatic heterocycles. The number of rotatable bonds is 6. The predicted octanol–water partition coefficient (Wildman–Crippen LogP) is 4.22. The number of carbonyl (C=O) groups excluding carboxylic acids is 2. The van der Waals surface area contributed by atoms with Gasteiger partial charge in [-0.15, -0.1) is 22.9 Å². The second kappa shape index (κ2) is 8.89. The van der Waals surface area contributed by atoms with Crippen molar-refractivity contribution >= 4 is 34.8 Å². The third kappa shape index (κ3) is 4.90. The van der Waals surface area contributed by atoms with E-state index in [0.29, 0.717) is 12.5 Å². The quantitative estimate of drug-likeness (QED) is 0.708. The van der Waals surface area contributed by atoms with E-state index in [1.807, 2.05) is 36.6 Å². The number of hydrogen-bond donors (Lipinski definition) is 2. The normalized spacial score (nSPS) is 17.1. The summed E-state index contributed by atoms with van der Waals surface area (Å²) in [7, 11) is 0. The van der Waals surface area contributed by atoms with Crippen LogP contribution in [0.25, 0.3) is 0 Å². The first-order valence-corrected chi connectivity index (χ1v) is 10.7. The van der Waals surface area contributed by atoms with E-state index in [1.54, 1.807) is 11.3 Å². The SMILES string of the molecule is CC1CCc2c(C(=O)NCc3ccc(C(C)NC(=O)CCl)cc3)csc2C1. The number of hydrogen-bond acceptors (Lipinski definition) is 3. The minimum atomic E-state index is -0.186. The molecule has 2 atom stereocenters. The molecule has 1 aliphatic carbocycles. The Labute approximate surface area is 169 Å². The zero-order chi connectivity index (χ0) is 19.4. The molecular weight excluding hydrogens is 380 g/mol. The highest BCUT2D eigenvalue weighted by Gasteiger charge is 2.23. The summed E-state index contributed by atoms with van der Waals surface area (Å²) in [5.74, 6) is 0.490. The molecule has 6 heteroatoms. The van der Waals surface area contributed by atoms with Crippen LogP contribution in [0, 0.1) is 5.92 Å².